The zero-order valence-electron chi connectivity index (χ0n) is 12.4. The number of carbonyl (C=O) groups excluding carboxylic acids is 1. The van der Waals surface area contributed by atoms with Gasteiger partial charge in [0.15, 0.2) is 0 Å². The molecule has 0 aromatic carbocycles. The van der Waals surface area contributed by atoms with E-state index in [2.05, 4.69) is 20.0 Å². The second-order valence-electron chi connectivity index (χ2n) is 5.61. The molecule has 2 aromatic rings. The summed E-state index contributed by atoms with van der Waals surface area (Å²) in [5, 5.41) is 6.96. The quantitative estimate of drug-likeness (QED) is 0.923. The molecular weight excluding hydrogens is 268 g/mol. The Morgan fingerprint density at radius 1 is 1.52 bits per heavy atom. The van der Waals surface area contributed by atoms with Crippen LogP contribution in [0.2, 0.25) is 0 Å². The van der Waals surface area contributed by atoms with Crippen LogP contribution in [-0.2, 0) is 24.2 Å². The molecule has 6 heteroatoms. The smallest absolute Gasteiger partial charge is 0.223 e. The summed E-state index contributed by atoms with van der Waals surface area (Å²) in [6.45, 7) is 5.32. The maximum atomic E-state index is 12.2. The largest absolute Gasteiger partial charge is 0.361 e. The third kappa shape index (κ3) is 2.84. The third-order valence-corrected chi connectivity index (χ3v) is 4.20. The summed E-state index contributed by atoms with van der Waals surface area (Å²) in [4.78, 5) is 16.4. The van der Waals surface area contributed by atoms with Crippen molar-refractivity contribution >= 4 is 5.91 Å². The molecule has 21 heavy (non-hydrogen) atoms. The maximum Gasteiger partial charge on any atom is 0.223 e. The van der Waals surface area contributed by atoms with Gasteiger partial charge in [0.05, 0.1) is 12.0 Å². The standard InChI is InChI=1S/C15H20N4O2/c1-10-14(11(2)21-18-10)3-5-17-15(20)12-4-6-19-9-16-8-13(19)7-12/h8-9,12H,3-7H2,1-2H3,(H,17,20). The molecule has 1 atom stereocenters. The summed E-state index contributed by atoms with van der Waals surface area (Å²) >= 11 is 0. The summed E-state index contributed by atoms with van der Waals surface area (Å²) in [5.41, 5.74) is 3.15. The lowest BCUT2D eigenvalue weighted by Crippen LogP contribution is -2.36. The summed E-state index contributed by atoms with van der Waals surface area (Å²) in [6.07, 6.45) is 6.10. The minimum absolute atomic E-state index is 0.0545. The Balaban J connectivity index is 1.51. The van der Waals surface area contributed by atoms with Crippen molar-refractivity contribution < 1.29 is 9.32 Å². The molecule has 0 saturated heterocycles. The normalized spacial score (nSPS) is 17.5. The maximum absolute atomic E-state index is 12.2. The number of aryl methyl sites for hydroxylation is 3. The fourth-order valence-corrected chi connectivity index (χ4v) is 2.91. The van der Waals surface area contributed by atoms with Crippen molar-refractivity contribution in [2.75, 3.05) is 6.54 Å². The molecule has 112 valence electrons. The van der Waals surface area contributed by atoms with Crippen molar-refractivity contribution in [2.24, 2.45) is 5.92 Å². The van der Waals surface area contributed by atoms with E-state index < -0.39 is 0 Å². The highest BCUT2D eigenvalue weighted by Crippen LogP contribution is 2.20. The van der Waals surface area contributed by atoms with Gasteiger partial charge in [-0.1, -0.05) is 5.16 Å². The molecule has 0 radical (unpaired) electrons. The number of imidazole rings is 1. The molecule has 0 spiro atoms. The monoisotopic (exact) mass is 288 g/mol. The van der Waals surface area contributed by atoms with Crippen molar-refractivity contribution in [3.63, 3.8) is 0 Å². The van der Waals surface area contributed by atoms with Crippen LogP contribution >= 0.6 is 0 Å². The lowest BCUT2D eigenvalue weighted by Gasteiger charge is -2.22. The van der Waals surface area contributed by atoms with Gasteiger partial charge in [0.2, 0.25) is 5.91 Å². The van der Waals surface area contributed by atoms with E-state index in [0.29, 0.717) is 6.54 Å². The van der Waals surface area contributed by atoms with Crippen molar-refractivity contribution in [2.45, 2.75) is 39.7 Å². The van der Waals surface area contributed by atoms with Crippen LogP contribution in [0, 0.1) is 19.8 Å². The number of amides is 1. The van der Waals surface area contributed by atoms with Gasteiger partial charge in [0.25, 0.3) is 0 Å². The highest BCUT2D eigenvalue weighted by atomic mass is 16.5. The van der Waals surface area contributed by atoms with E-state index in [4.69, 9.17) is 4.52 Å². The zero-order chi connectivity index (χ0) is 14.8. The van der Waals surface area contributed by atoms with Crippen LogP contribution in [0.1, 0.15) is 29.1 Å². The van der Waals surface area contributed by atoms with Gasteiger partial charge in [0, 0.05) is 42.9 Å². The Morgan fingerprint density at radius 2 is 2.38 bits per heavy atom. The molecule has 6 nitrogen and oxygen atoms in total. The Bertz CT molecular complexity index is 624. The zero-order valence-corrected chi connectivity index (χ0v) is 12.4. The van der Waals surface area contributed by atoms with Gasteiger partial charge in [-0.05, 0) is 26.7 Å². The van der Waals surface area contributed by atoms with Gasteiger partial charge in [-0.15, -0.1) is 0 Å². The van der Waals surface area contributed by atoms with Crippen LogP contribution in [0.25, 0.3) is 0 Å². The summed E-state index contributed by atoms with van der Waals surface area (Å²) in [5.74, 6) is 1.02. The summed E-state index contributed by atoms with van der Waals surface area (Å²) < 4.78 is 7.25. The molecule has 0 aliphatic carbocycles. The third-order valence-electron chi connectivity index (χ3n) is 4.20. The van der Waals surface area contributed by atoms with E-state index in [1.54, 1.807) is 0 Å². The van der Waals surface area contributed by atoms with E-state index in [-0.39, 0.29) is 11.8 Å². The van der Waals surface area contributed by atoms with Crippen molar-refractivity contribution in [1.82, 2.24) is 20.0 Å². The van der Waals surface area contributed by atoms with Gasteiger partial charge in [-0.25, -0.2) is 4.98 Å². The average molecular weight is 288 g/mol. The molecule has 1 amide bonds. The molecule has 3 rings (SSSR count). The average Bonchev–Trinajstić information content (AvgIpc) is 3.07. The van der Waals surface area contributed by atoms with Crippen LogP contribution in [-0.4, -0.2) is 27.2 Å². The van der Waals surface area contributed by atoms with E-state index in [1.807, 2.05) is 26.4 Å². The molecule has 1 unspecified atom stereocenters. The first kappa shape index (κ1) is 13.9. The van der Waals surface area contributed by atoms with E-state index >= 15 is 0 Å². The van der Waals surface area contributed by atoms with Gasteiger partial charge >= 0.3 is 0 Å². The summed E-state index contributed by atoms with van der Waals surface area (Å²) in [7, 11) is 0. The minimum atomic E-state index is 0.0545. The predicted molar refractivity (Wildman–Crippen MR) is 76.7 cm³/mol. The van der Waals surface area contributed by atoms with Crippen molar-refractivity contribution in [3.8, 4) is 0 Å². The van der Waals surface area contributed by atoms with Gasteiger partial charge < -0.3 is 14.4 Å². The molecular formula is C15H20N4O2. The molecule has 0 saturated carbocycles. The Hall–Kier alpha value is -2.11. The second kappa shape index (κ2) is 5.71. The fraction of sp³-hybridized carbons (Fsp3) is 0.533. The summed E-state index contributed by atoms with van der Waals surface area (Å²) in [6, 6.07) is 0. The SMILES string of the molecule is Cc1noc(C)c1CCNC(=O)C1CCn2cncc2C1. The van der Waals surface area contributed by atoms with Crippen LogP contribution < -0.4 is 5.32 Å². The van der Waals surface area contributed by atoms with Crippen LogP contribution in [0.3, 0.4) is 0 Å². The van der Waals surface area contributed by atoms with E-state index in [9.17, 15) is 4.79 Å². The number of hydrogen-bond donors (Lipinski definition) is 1. The van der Waals surface area contributed by atoms with Crippen LogP contribution in [0.15, 0.2) is 17.0 Å². The number of fused-ring (bicyclic) bond motifs is 1. The highest BCUT2D eigenvalue weighted by molar-refractivity contribution is 5.79. The minimum Gasteiger partial charge on any atom is -0.361 e. The predicted octanol–water partition coefficient (Wildman–Crippen LogP) is 1.41. The Labute approximate surface area is 123 Å². The number of hydrogen-bond acceptors (Lipinski definition) is 4. The van der Waals surface area contributed by atoms with Gasteiger partial charge in [-0.2, -0.15) is 0 Å². The van der Waals surface area contributed by atoms with Gasteiger partial charge in [0.1, 0.15) is 5.76 Å². The second-order valence-corrected chi connectivity index (χ2v) is 5.61. The molecule has 1 N–H and O–H groups in total. The van der Waals surface area contributed by atoms with Gasteiger partial charge in [-0.3, -0.25) is 4.79 Å². The fourth-order valence-electron chi connectivity index (χ4n) is 2.91. The first-order chi connectivity index (χ1) is 10.1. The highest BCUT2D eigenvalue weighted by Gasteiger charge is 2.24. The first-order valence-corrected chi connectivity index (χ1v) is 7.33. The Morgan fingerprint density at radius 3 is 3.14 bits per heavy atom. The molecule has 0 bridgehead atoms. The number of nitrogens with zero attached hydrogens (tertiary/aromatic N) is 3. The first-order valence-electron chi connectivity index (χ1n) is 7.33. The van der Waals surface area contributed by atoms with Crippen molar-refractivity contribution in [3.05, 3.63) is 35.2 Å². The number of aromatic nitrogens is 3. The topological polar surface area (TPSA) is 73.0 Å². The van der Waals surface area contributed by atoms with Crippen molar-refractivity contribution in [1.29, 1.82) is 0 Å². The number of carbonyl (C=O) groups is 1. The number of rotatable bonds is 4. The molecule has 2 aromatic heterocycles. The molecule has 1 aliphatic rings. The molecule has 3 heterocycles. The van der Waals surface area contributed by atoms with Crippen LogP contribution in [0.5, 0.6) is 0 Å². The Kier molecular flexibility index (Phi) is 3.77. The van der Waals surface area contributed by atoms with E-state index in [0.717, 1.165) is 48.5 Å². The lowest BCUT2D eigenvalue weighted by molar-refractivity contribution is -0.125. The lowest BCUT2D eigenvalue weighted by atomic mass is 9.95. The molecule has 0 fully saturated rings. The number of nitrogens with one attached hydrogen (secondary N) is 1. The molecule has 1 aliphatic heterocycles. The van der Waals surface area contributed by atoms with Crippen LogP contribution in [0.4, 0.5) is 0 Å². The van der Waals surface area contributed by atoms with E-state index in [1.165, 1.54) is 0 Å².